The molecule has 0 aliphatic carbocycles. The number of nitrogens with one attached hydrogen (secondary N) is 1. The van der Waals surface area contributed by atoms with Crippen molar-refractivity contribution in [2.75, 3.05) is 13.2 Å². The van der Waals surface area contributed by atoms with Gasteiger partial charge in [0.15, 0.2) is 0 Å². The van der Waals surface area contributed by atoms with Crippen molar-refractivity contribution in [3.8, 4) is 0 Å². The van der Waals surface area contributed by atoms with E-state index in [0.29, 0.717) is 13.2 Å². The van der Waals surface area contributed by atoms with E-state index in [1.165, 1.54) is 19.3 Å². The van der Waals surface area contributed by atoms with Crippen LogP contribution in [0, 0.1) is 0 Å². The minimum Gasteiger partial charge on any atom is -0.456 e. The monoisotopic (exact) mass is 271 g/mol. The summed E-state index contributed by atoms with van der Waals surface area (Å²) < 4.78 is 10.5. The molecule has 1 aliphatic heterocycles. The molecule has 0 amide bonds. The van der Waals surface area contributed by atoms with Gasteiger partial charge in [0.05, 0.1) is 13.2 Å². The Hall–Kier alpha value is -0.610. The predicted molar refractivity (Wildman–Crippen MR) is 76.1 cm³/mol. The van der Waals surface area contributed by atoms with Gasteiger partial charge < -0.3 is 9.47 Å². The molecular formula is C15H29NO3. The first-order valence-electron chi connectivity index (χ1n) is 7.48. The van der Waals surface area contributed by atoms with Crippen LogP contribution in [0.15, 0.2) is 0 Å². The van der Waals surface area contributed by atoms with Crippen LogP contribution in [-0.4, -0.2) is 36.9 Å². The number of hydrogen-bond donors (Lipinski definition) is 1. The number of esters is 1. The second kappa shape index (κ2) is 7.85. The smallest absolute Gasteiger partial charge is 0.323 e. The van der Waals surface area contributed by atoms with E-state index in [1.807, 2.05) is 0 Å². The Balaban J connectivity index is 2.39. The van der Waals surface area contributed by atoms with Crippen LogP contribution < -0.4 is 5.32 Å². The third-order valence-electron chi connectivity index (χ3n) is 3.13. The third-order valence-corrected chi connectivity index (χ3v) is 3.13. The molecule has 1 saturated heterocycles. The van der Waals surface area contributed by atoms with Gasteiger partial charge in [0.25, 0.3) is 0 Å². The normalized spacial score (nSPS) is 17.9. The van der Waals surface area contributed by atoms with Gasteiger partial charge in [-0.25, -0.2) is 0 Å². The summed E-state index contributed by atoms with van der Waals surface area (Å²) in [5, 5.41) is 3.37. The third kappa shape index (κ3) is 6.92. The van der Waals surface area contributed by atoms with Crippen LogP contribution in [0.4, 0.5) is 0 Å². The summed E-state index contributed by atoms with van der Waals surface area (Å²) in [5.41, 5.74) is -0.0788. The lowest BCUT2D eigenvalue weighted by Crippen LogP contribution is -2.50. The number of carbonyl (C=O) groups is 1. The van der Waals surface area contributed by atoms with Crippen molar-refractivity contribution in [3.63, 3.8) is 0 Å². The average molecular weight is 271 g/mol. The lowest BCUT2D eigenvalue weighted by molar-refractivity contribution is -0.175. The molecule has 0 bridgehead atoms. The molecule has 4 heteroatoms. The first-order valence-corrected chi connectivity index (χ1v) is 7.48. The lowest BCUT2D eigenvalue weighted by atomic mass is 10.0. The van der Waals surface area contributed by atoms with Crippen molar-refractivity contribution >= 4 is 5.97 Å². The first kappa shape index (κ1) is 16.4. The molecular weight excluding hydrogens is 242 g/mol. The van der Waals surface area contributed by atoms with Gasteiger partial charge in [-0.1, -0.05) is 32.6 Å². The van der Waals surface area contributed by atoms with Gasteiger partial charge in [0, 0.05) is 5.54 Å². The molecule has 0 spiro atoms. The number of carbonyl (C=O) groups excluding carboxylic acids is 1. The Morgan fingerprint density at radius 3 is 2.47 bits per heavy atom. The fraction of sp³-hybridized carbons (Fsp3) is 0.933. The van der Waals surface area contributed by atoms with E-state index < -0.39 is 0 Å². The maximum Gasteiger partial charge on any atom is 0.323 e. The van der Waals surface area contributed by atoms with Crippen molar-refractivity contribution in [2.24, 2.45) is 0 Å². The first-order chi connectivity index (χ1) is 8.92. The van der Waals surface area contributed by atoms with Crippen molar-refractivity contribution in [1.29, 1.82) is 0 Å². The Kier molecular flexibility index (Phi) is 6.80. The van der Waals surface area contributed by atoms with E-state index in [9.17, 15) is 4.79 Å². The maximum absolute atomic E-state index is 12.1. The Labute approximate surface area is 117 Å². The molecule has 0 aromatic heterocycles. The molecule has 1 fully saturated rings. The van der Waals surface area contributed by atoms with Crippen LogP contribution in [0.2, 0.25) is 0 Å². The zero-order chi connectivity index (χ0) is 14.3. The number of rotatable bonds is 8. The SMILES string of the molecule is CCCCCCC(NC(C)(C)C)C(=O)OC1COC1. The average Bonchev–Trinajstić information content (AvgIpc) is 2.26. The van der Waals surface area contributed by atoms with E-state index in [1.54, 1.807) is 0 Å². The maximum atomic E-state index is 12.1. The van der Waals surface area contributed by atoms with E-state index >= 15 is 0 Å². The van der Waals surface area contributed by atoms with Gasteiger partial charge in [-0.05, 0) is 27.2 Å². The molecule has 1 atom stereocenters. The van der Waals surface area contributed by atoms with E-state index in [0.717, 1.165) is 12.8 Å². The van der Waals surface area contributed by atoms with Crippen LogP contribution in [0.1, 0.15) is 59.8 Å². The highest BCUT2D eigenvalue weighted by Crippen LogP contribution is 2.13. The zero-order valence-electron chi connectivity index (χ0n) is 12.8. The summed E-state index contributed by atoms with van der Waals surface area (Å²) >= 11 is 0. The van der Waals surface area contributed by atoms with Crippen molar-refractivity contribution < 1.29 is 14.3 Å². The molecule has 1 unspecified atom stereocenters. The quantitative estimate of drug-likeness (QED) is 0.544. The number of ether oxygens (including phenoxy) is 2. The minimum atomic E-state index is -0.197. The van der Waals surface area contributed by atoms with E-state index in [2.05, 4.69) is 33.0 Å². The molecule has 0 radical (unpaired) electrons. The second-order valence-electron chi connectivity index (χ2n) is 6.39. The summed E-state index contributed by atoms with van der Waals surface area (Å²) in [6.45, 7) is 9.51. The summed E-state index contributed by atoms with van der Waals surface area (Å²) in [6, 6.07) is -0.197. The van der Waals surface area contributed by atoms with Gasteiger partial charge in [-0.2, -0.15) is 0 Å². The Morgan fingerprint density at radius 2 is 2.00 bits per heavy atom. The van der Waals surface area contributed by atoms with Crippen LogP contribution in [0.5, 0.6) is 0 Å². The fourth-order valence-electron chi connectivity index (χ4n) is 2.08. The van der Waals surface area contributed by atoms with E-state index in [4.69, 9.17) is 9.47 Å². The van der Waals surface area contributed by atoms with Gasteiger partial charge in [-0.15, -0.1) is 0 Å². The molecule has 0 aromatic carbocycles. The fourth-order valence-corrected chi connectivity index (χ4v) is 2.08. The number of hydrogen-bond acceptors (Lipinski definition) is 4. The van der Waals surface area contributed by atoms with Crippen LogP contribution in [-0.2, 0) is 14.3 Å². The Bertz CT molecular complexity index is 269. The van der Waals surface area contributed by atoms with Gasteiger partial charge in [0.1, 0.15) is 12.1 Å². The molecule has 1 rings (SSSR count). The standard InChI is InChI=1S/C15H29NO3/c1-5-6-7-8-9-13(16-15(2,3)4)14(17)19-12-10-18-11-12/h12-13,16H,5-11H2,1-4H3. The molecule has 0 aromatic rings. The lowest BCUT2D eigenvalue weighted by Gasteiger charge is -2.31. The predicted octanol–water partition coefficient (Wildman–Crippen LogP) is 2.66. The molecule has 1 heterocycles. The van der Waals surface area contributed by atoms with Gasteiger partial charge in [0.2, 0.25) is 0 Å². The van der Waals surface area contributed by atoms with E-state index in [-0.39, 0.29) is 23.7 Å². The van der Waals surface area contributed by atoms with Crippen LogP contribution >= 0.6 is 0 Å². The molecule has 0 saturated carbocycles. The highest BCUT2D eigenvalue weighted by Gasteiger charge is 2.29. The van der Waals surface area contributed by atoms with Crippen LogP contribution in [0.25, 0.3) is 0 Å². The van der Waals surface area contributed by atoms with Gasteiger partial charge in [-0.3, -0.25) is 10.1 Å². The molecule has 112 valence electrons. The molecule has 19 heavy (non-hydrogen) atoms. The largest absolute Gasteiger partial charge is 0.456 e. The van der Waals surface area contributed by atoms with Crippen molar-refractivity contribution in [3.05, 3.63) is 0 Å². The summed E-state index contributed by atoms with van der Waals surface area (Å²) in [7, 11) is 0. The van der Waals surface area contributed by atoms with Crippen LogP contribution in [0.3, 0.4) is 0 Å². The molecule has 1 N–H and O–H groups in total. The van der Waals surface area contributed by atoms with Crippen molar-refractivity contribution in [1.82, 2.24) is 5.32 Å². The summed E-state index contributed by atoms with van der Waals surface area (Å²) in [4.78, 5) is 12.1. The number of unbranched alkanes of at least 4 members (excludes halogenated alkanes) is 3. The Morgan fingerprint density at radius 1 is 1.32 bits per heavy atom. The topological polar surface area (TPSA) is 47.6 Å². The van der Waals surface area contributed by atoms with Crippen molar-refractivity contribution in [2.45, 2.75) is 77.5 Å². The van der Waals surface area contributed by atoms with Gasteiger partial charge >= 0.3 is 5.97 Å². The highest BCUT2D eigenvalue weighted by molar-refractivity contribution is 5.76. The molecule has 4 nitrogen and oxygen atoms in total. The molecule has 1 aliphatic rings. The highest BCUT2D eigenvalue weighted by atomic mass is 16.6. The summed E-state index contributed by atoms with van der Waals surface area (Å²) in [5.74, 6) is -0.125. The zero-order valence-corrected chi connectivity index (χ0v) is 12.8. The summed E-state index contributed by atoms with van der Waals surface area (Å²) in [6.07, 6.45) is 5.50. The second-order valence-corrected chi connectivity index (χ2v) is 6.39. The minimum absolute atomic E-state index is 0.0348.